The zero-order chi connectivity index (χ0) is 16.2. The molecule has 1 aliphatic heterocycles. The summed E-state index contributed by atoms with van der Waals surface area (Å²) >= 11 is 0. The van der Waals surface area contributed by atoms with Gasteiger partial charge in [-0.3, -0.25) is 9.69 Å². The standard InChI is InChI=1S/C19H23NO3/c1-2-23-19(22)13-20-10-9-17(18(21)12-20)16-8-7-14-5-3-4-6-15(14)11-16/h3-8,11,17-18,21H,2,9-10,12-13H2,1H3/t17-,18+/m0/s1. The van der Waals surface area contributed by atoms with Crippen molar-refractivity contribution in [1.82, 2.24) is 4.90 Å². The Labute approximate surface area is 136 Å². The molecule has 0 spiro atoms. The molecule has 122 valence electrons. The van der Waals surface area contributed by atoms with Gasteiger partial charge in [0, 0.05) is 12.5 Å². The van der Waals surface area contributed by atoms with E-state index in [1.807, 2.05) is 17.0 Å². The Bertz CT molecular complexity index is 685. The van der Waals surface area contributed by atoms with Gasteiger partial charge in [-0.05, 0) is 36.2 Å². The molecule has 2 aromatic carbocycles. The van der Waals surface area contributed by atoms with Crippen LogP contribution in [-0.2, 0) is 9.53 Å². The Morgan fingerprint density at radius 3 is 2.78 bits per heavy atom. The molecule has 3 rings (SSSR count). The van der Waals surface area contributed by atoms with E-state index in [9.17, 15) is 9.90 Å². The normalized spacial score (nSPS) is 22.2. The molecule has 2 atom stereocenters. The maximum absolute atomic E-state index is 11.6. The zero-order valence-electron chi connectivity index (χ0n) is 13.4. The molecule has 0 unspecified atom stereocenters. The smallest absolute Gasteiger partial charge is 0.320 e. The van der Waals surface area contributed by atoms with Crippen molar-refractivity contribution < 1.29 is 14.6 Å². The molecule has 1 saturated heterocycles. The van der Waals surface area contributed by atoms with Gasteiger partial charge in [0.05, 0.1) is 19.3 Å². The first-order valence-corrected chi connectivity index (χ1v) is 8.22. The van der Waals surface area contributed by atoms with Crippen molar-refractivity contribution >= 4 is 16.7 Å². The maximum Gasteiger partial charge on any atom is 0.320 e. The lowest BCUT2D eigenvalue weighted by Crippen LogP contribution is -2.45. The number of β-amino-alcohol motifs (C(OH)–C–C–N with tert-alkyl or cyclic N) is 1. The lowest BCUT2D eigenvalue weighted by molar-refractivity contribution is -0.145. The van der Waals surface area contributed by atoms with Gasteiger partial charge < -0.3 is 9.84 Å². The minimum atomic E-state index is -0.459. The summed E-state index contributed by atoms with van der Waals surface area (Å²) in [5, 5.41) is 12.9. The van der Waals surface area contributed by atoms with Crippen LogP contribution in [0.3, 0.4) is 0 Å². The van der Waals surface area contributed by atoms with Crippen molar-refractivity contribution in [1.29, 1.82) is 0 Å². The molecule has 1 aliphatic rings. The van der Waals surface area contributed by atoms with E-state index in [1.165, 1.54) is 16.3 Å². The van der Waals surface area contributed by atoms with Gasteiger partial charge in [0.15, 0.2) is 0 Å². The molecule has 1 fully saturated rings. The number of carbonyl (C=O) groups is 1. The van der Waals surface area contributed by atoms with Crippen molar-refractivity contribution in [2.45, 2.75) is 25.4 Å². The monoisotopic (exact) mass is 313 g/mol. The lowest BCUT2D eigenvalue weighted by Gasteiger charge is -2.35. The molecule has 4 nitrogen and oxygen atoms in total. The van der Waals surface area contributed by atoms with Crippen molar-refractivity contribution in [3.63, 3.8) is 0 Å². The van der Waals surface area contributed by atoms with Gasteiger partial charge in [0.1, 0.15) is 0 Å². The van der Waals surface area contributed by atoms with Crippen molar-refractivity contribution in [2.75, 3.05) is 26.2 Å². The van der Waals surface area contributed by atoms with Crippen LogP contribution in [0.2, 0.25) is 0 Å². The number of fused-ring (bicyclic) bond motifs is 1. The molecule has 0 radical (unpaired) electrons. The second-order valence-corrected chi connectivity index (χ2v) is 6.11. The third-order valence-corrected chi connectivity index (χ3v) is 4.53. The average Bonchev–Trinajstić information content (AvgIpc) is 2.55. The highest BCUT2D eigenvalue weighted by molar-refractivity contribution is 5.83. The van der Waals surface area contributed by atoms with Crippen molar-refractivity contribution in [3.05, 3.63) is 48.0 Å². The largest absolute Gasteiger partial charge is 0.465 e. The van der Waals surface area contributed by atoms with Crippen LogP contribution in [0.4, 0.5) is 0 Å². The summed E-state index contributed by atoms with van der Waals surface area (Å²) in [6.07, 6.45) is 0.387. The molecule has 0 amide bonds. The fourth-order valence-electron chi connectivity index (χ4n) is 3.36. The topological polar surface area (TPSA) is 49.8 Å². The molecule has 0 bridgehead atoms. The van der Waals surface area contributed by atoms with Crippen LogP contribution in [0.1, 0.15) is 24.8 Å². The van der Waals surface area contributed by atoms with Gasteiger partial charge >= 0.3 is 5.97 Å². The first-order valence-electron chi connectivity index (χ1n) is 8.22. The van der Waals surface area contributed by atoms with Crippen LogP contribution in [0.15, 0.2) is 42.5 Å². The molecule has 4 heteroatoms. The summed E-state index contributed by atoms with van der Waals surface area (Å²) in [7, 11) is 0. The lowest BCUT2D eigenvalue weighted by atomic mass is 9.86. The first kappa shape index (κ1) is 16.0. The molecule has 2 aromatic rings. The molecular formula is C19H23NO3. The molecule has 0 aromatic heterocycles. The van der Waals surface area contributed by atoms with Crippen LogP contribution in [-0.4, -0.2) is 48.3 Å². The van der Waals surface area contributed by atoms with Crippen LogP contribution in [0.5, 0.6) is 0 Å². The van der Waals surface area contributed by atoms with E-state index < -0.39 is 6.10 Å². The van der Waals surface area contributed by atoms with Gasteiger partial charge in [-0.2, -0.15) is 0 Å². The number of esters is 1. The number of rotatable bonds is 4. The third-order valence-electron chi connectivity index (χ3n) is 4.53. The highest BCUT2D eigenvalue weighted by atomic mass is 16.5. The predicted molar refractivity (Wildman–Crippen MR) is 90.4 cm³/mol. The first-order chi connectivity index (χ1) is 11.2. The molecule has 1 heterocycles. The number of ether oxygens (including phenoxy) is 1. The van der Waals surface area contributed by atoms with E-state index in [1.54, 1.807) is 6.92 Å². The van der Waals surface area contributed by atoms with E-state index in [0.29, 0.717) is 13.2 Å². The number of hydrogen-bond donors (Lipinski definition) is 1. The van der Waals surface area contributed by atoms with Crippen LogP contribution < -0.4 is 0 Å². The van der Waals surface area contributed by atoms with Gasteiger partial charge in [-0.15, -0.1) is 0 Å². The van der Waals surface area contributed by atoms with Gasteiger partial charge in [0.25, 0.3) is 0 Å². The molecule has 23 heavy (non-hydrogen) atoms. The van der Waals surface area contributed by atoms with Crippen molar-refractivity contribution in [3.8, 4) is 0 Å². The van der Waals surface area contributed by atoms with Gasteiger partial charge in [-0.1, -0.05) is 42.5 Å². The molecular weight excluding hydrogens is 290 g/mol. The zero-order valence-corrected chi connectivity index (χ0v) is 13.4. The number of benzene rings is 2. The average molecular weight is 313 g/mol. The van der Waals surface area contributed by atoms with E-state index in [-0.39, 0.29) is 18.4 Å². The quantitative estimate of drug-likeness (QED) is 0.881. The van der Waals surface area contributed by atoms with E-state index >= 15 is 0 Å². The van der Waals surface area contributed by atoms with Crippen molar-refractivity contribution in [2.24, 2.45) is 0 Å². The number of likely N-dealkylation sites (tertiary alicyclic amines) is 1. The second kappa shape index (κ2) is 7.11. The highest BCUT2D eigenvalue weighted by Crippen LogP contribution is 2.30. The van der Waals surface area contributed by atoms with E-state index in [4.69, 9.17) is 4.74 Å². The molecule has 0 saturated carbocycles. The summed E-state index contributed by atoms with van der Waals surface area (Å²) in [6.45, 7) is 3.77. The Morgan fingerprint density at radius 1 is 1.26 bits per heavy atom. The van der Waals surface area contributed by atoms with E-state index in [0.717, 1.165) is 13.0 Å². The fraction of sp³-hybridized carbons (Fsp3) is 0.421. The summed E-state index contributed by atoms with van der Waals surface area (Å²) in [5.41, 5.74) is 1.17. The number of aliphatic hydroxyl groups is 1. The fourth-order valence-corrected chi connectivity index (χ4v) is 3.36. The maximum atomic E-state index is 11.6. The Hall–Kier alpha value is -1.91. The minimum Gasteiger partial charge on any atom is -0.465 e. The highest BCUT2D eigenvalue weighted by Gasteiger charge is 2.29. The summed E-state index contributed by atoms with van der Waals surface area (Å²) in [4.78, 5) is 13.5. The van der Waals surface area contributed by atoms with Gasteiger partial charge in [0.2, 0.25) is 0 Å². The van der Waals surface area contributed by atoms with Crippen LogP contribution >= 0.6 is 0 Å². The number of carbonyl (C=O) groups excluding carboxylic acids is 1. The Balaban J connectivity index is 1.68. The number of nitrogens with zero attached hydrogens (tertiary/aromatic N) is 1. The molecule has 1 N–H and O–H groups in total. The molecule has 0 aliphatic carbocycles. The Morgan fingerprint density at radius 2 is 2.04 bits per heavy atom. The SMILES string of the molecule is CCOC(=O)CN1CC[C@@H](c2ccc3ccccc3c2)[C@H](O)C1. The third kappa shape index (κ3) is 3.71. The summed E-state index contributed by atoms with van der Waals surface area (Å²) in [6, 6.07) is 14.7. The minimum absolute atomic E-state index is 0.123. The number of aliphatic hydroxyl groups excluding tert-OH is 1. The number of hydrogen-bond acceptors (Lipinski definition) is 4. The second-order valence-electron chi connectivity index (χ2n) is 6.11. The van der Waals surface area contributed by atoms with Gasteiger partial charge in [-0.25, -0.2) is 0 Å². The summed E-state index contributed by atoms with van der Waals surface area (Å²) < 4.78 is 4.98. The van der Waals surface area contributed by atoms with Crippen LogP contribution in [0, 0.1) is 0 Å². The van der Waals surface area contributed by atoms with E-state index in [2.05, 4.69) is 30.3 Å². The Kier molecular flexibility index (Phi) is 4.94. The van der Waals surface area contributed by atoms with Crippen LogP contribution in [0.25, 0.3) is 10.8 Å². The predicted octanol–water partition coefficient (Wildman–Crippen LogP) is 2.55. The number of piperidine rings is 1. The summed E-state index contributed by atoms with van der Waals surface area (Å²) in [5.74, 6) is -0.0955.